The average Bonchev–Trinajstić information content (AvgIpc) is 2.89. The van der Waals surface area contributed by atoms with Crippen molar-refractivity contribution < 1.29 is 14.6 Å². The summed E-state index contributed by atoms with van der Waals surface area (Å²) < 4.78 is 5.97. The lowest BCUT2D eigenvalue weighted by atomic mass is 9.67. The van der Waals surface area contributed by atoms with E-state index in [0.29, 0.717) is 12.3 Å². The van der Waals surface area contributed by atoms with Gasteiger partial charge in [0, 0.05) is 12.8 Å². The van der Waals surface area contributed by atoms with Gasteiger partial charge in [0.2, 0.25) is 0 Å². The normalized spacial score (nSPS) is 31.5. The summed E-state index contributed by atoms with van der Waals surface area (Å²) in [5, 5.41) is 9.77. The zero-order valence-corrected chi connectivity index (χ0v) is 12.7. The van der Waals surface area contributed by atoms with Crippen molar-refractivity contribution >= 4 is 5.97 Å². The van der Waals surface area contributed by atoms with Crippen molar-refractivity contribution in [3.05, 3.63) is 29.8 Å². The lowest BCUT2D eigenvalue weighted by Crippen LogP contribution is -2.39. The van der Waals surface area contributed by atoms with Crippen molar-refractivity contribution in [2.45, 2.75) is 58.0 Å². The van der Waals surface area contributed by atoms with E-state index < -0.39 is 11.4 Å². The van der Waals surface area contributed by atoms with E-state index in [1.165, 1.54) is 12.0 Å². The molecular formula is C18H24O3. The number of fused-ring (bicyclic) bond motifs is 1. The van der Waals surface area contributed by atoms with E-state index in [1.54, 1.807) is 0 Å². The molecule has 1 fully saturated rings. The number of para-hydroxylation sites is 1. The quantitative estimate of drug-likeness (QED) is 0.909. The second-order valence-corrected chi connectivity index (χ2v) is 6.69. The standard InChI is InChI=1S/C18H24O3/c1-2-13-7-9-18(10-8-13,17(19)20)12-15-11-14-5-3-4-6-16(14)21-15/h3-6,13,15H,2,7-12H2,1H3,(H,19,20). The Morgan fingerprint density at radius 1 is 1.33 bits per heavy atom. The van der Waals surface area contributed by atoms with E-state index in [0.717, 1.165) is 37.9 Å². The number of hydrogen-bond acceptors (Lipinski definition) is 2. The SMILES string of the molecule is CCC1CCC(CC2Cc3ccccc3O2)(C(=O)O)CC1. The molecule has 1 atom stereocenters. The zero-order valence-electron chi connectivity index (χ0n) is 12.7. The maximum Gasteiger partial charge on any atom is 0.309 e. The third-order valence-electron chi connectivity index (χ3n) is 5.43. The Balaban J connectivity index is 1.69. The Morgan fingerprint density at radius 2 is 2.05 bits per heavy atom. The highest BCUT2D eigenvalue weighted by Crippen LogP contribution is 2.45. The molecule has 3 rings (SSSR count). The molecule has 3 nitrogen and oxygen atoms in total. The molecule has 3 heteroatoms. The fourth-order valence-corrected chi connectivity index (χ4v) is 3.95. The van der Waals surface area contributed by atoms with Gasteiger partial charge in [0.25, 0.3) is 0 Å². The molecule has 1 aliphatic carbocycles. The maximum atomic E-state index is 11.9. The average molecular weight is 288 g/mol. The summed E-state index contributed by atoms with van der Waals surface area (Å²) >= 11 is 0. The molecule has 0 radical (unpaired) electrons. The van der Waals surface area contributed by atoms with Crippen LogP contribution in [0.2, 0.25) is 0 Å². The first-order valence-electron chi connectivity index (χ1n) is 8.11. The summed E-state index contributed by atoms with van der Waals surface area (Å²) in [6, 6.07) is 8.05. The molecule has 0 bridgehead atoms. The number of carbonyl (C=O) groups is 1. The van der Waals surface area contributed by atoms with Crippen LogP contribution in [0.4, 0.5) is 0 Å². The van der Waals surface area contributed by atoms with E-state index in [4.69, 9.17) is 4.74 Å². The molecule has 2 aliphatic rings. The van der Waals surface area contributed by atoms with Crippen molar-refractivity contribution in [1.29, 1.82) is 0 Å². The van der Waals surface area contributed by atoms with Gasteiger partial charge in [0.1, 0.15) is 11.9 Å². The highest BCUT2D eigenvalue weighted by Gasteiger charge is 2.44. The highest BCUT2D eigenvalue weighted by molar-refractivity contribution is 5.74. The Bertz CT molecular complexity index is 490. The molecule has 1 aromatic carbocycles. The first-order valence-corrected chi connectivity index (χ1v) is 8.11. The van der Waals surface area contributed by atoms with Crippen LogP contribution in [-0.4, -0.2) is 17.2 Å². The first-order chi connectivity index (χ1) is 10.1. The van der Waals surface area contributed by atoms with Crippen molar-refractivity contribution in [3.8, 4) is 5.75 Å². The van der Waals surface area contributed by atoms with Crippen LogP contribution in [0.15, 0.2) is 24.3 Å². The second kappa shape index (κ2) is 5.70. The summed E-state index contributed by atoms with van der Waals surface area (Å²) in [5.41, 5.74) is 0.642. The van der Waals surface area contributed by atoms with Crippen LogP contribution >= 0.6 is 0 Å². The van der Waals surface area contributed by atoms with E-state index >= 15 is 0 Å². The minimum atomic E-state index is -0.628. The lowest BCUT2D eigenvalue weighted by Gasteiger charge is -2.38. The molecule has 21 heavy (non-hydrogen) atoms. The van der Waals surface area contributed by atoms with Gasteiger partial charge in [-0.05, 0) is 43.2 Å². The van der Waals surface area contributed by atoms with Gasteiger partial charge < -0.3 is 9.84 Å². The van der Waals surface area contributed by atoms with Gasteiger partial charge in [-0.15, -0.1) is 0 Å². The molecule has 1 N–H and O–H groups in total. The Labute approximate surface area is 126 Å². The van der Waals surface area contributed by atoms with Gasteiger partial charge in [-0.25, -0.2) is 0 Å². The number of aliphatic carboxylic acids is 1. The summed E-state index contributed by atoms with van der Waals surface area (Å²) in [7, 11) is 0. The van der Waals surface area contributed by atoms with Gasteiger partial charge in [0.15, 0.2) is 0 Å². The van der Waals surface area contributed by atoms with Crippen molar-refractivity contribution in [3.63, 3.8) is 0 Å². The molecule has 0 saturated heterocycles. The van der Waals surface area contributed by atoms with Gasteiger partial charge in [-0.2, -0.15) is 0 Å². The van der Waals surface area contributed by atoms with Crippen LogP contribution in [0.5, 0.6) is 5.75 Å². The predicted octanol–water partition coefficient (Wildman–Crippen LogP) is 4.05. The van der Waals surface area contributed by atoms with Crippen LogP contribution in [0.3, 0.4) is 0 Å². The Hall–Kier alpha value is -1.51. The lowest BCUT2D eigenvalue weighted by molar-refractivity contribution is -0.153. The van der Waals surface area contributed by atoms with E-state index in [2.05, 4.69) is 13.0 Å². The fourth-order valence-electron chi connectivity index (χ4n) is 3.95. The van der Waals surface area contributed by atoms with E-state index in [9.17, 15) is 9.90 Å². The summed E-state index contributed by atoms with van der Waals surface area (Å²) in [5.74, 6) is 1.01. The van der Waals surface area contributed by atoms with Gasteiger partial charge in [-0.1, -0.05) is 31.5 Å². The molecule has 1 saturated carbocycles. The summed E-state index contributed by atoms with van der Waals surface area (Å²) in [6.07, 6.45) is 6.38. The fraction of sp³-hybridized carbons (Fsp3) is 0.611. The molecular weight excluding hydrogens is 264 g/mol. The Morgan fingerprint density at radius 3 is 2.67 bits per heavy atom. The van der Waals surface area contributed by atoms with Crippen LogP contribution < -0.4 is 4.74 Å². The largest absolute Gasteiger partial charge is 0.490 e. The van der Waals surface area contributed by atoms with Crippen molar-refractivity contribution in [2.24, 2.45) is 11.3 Å². The number of rotatable bonds is 4. The van der Waals surface area contributed by atoms with Crippen LogP contribution in [0.1, 0.15) is 51.0 Å². The number of carboxylic acids is 1. The number of hydrogen-bond donors (Lipinski definition) is 1. The number of carboxylic acid groups (broad SMARTS) is 1. The van der Waals surface area contributed by atoms with Gasteiger partial charge in [0.05, 0.1) is 5.41 Å². The molecule has 1 aromatic rings. The van der Waals surface area contributed by atoms with E-state index in [1.807, 2.05) is 18.2 Å². The zero-order chi connectivity index (χ0) is 14.9. The molecule has 114 valence electrons. The molecule has 1 heterocycles. The molecule has 1 aliphatic heterocycles. The van der Waals surface area contributed by atoms with E-state index in [-0.39, 0.29) is 6.10 Å². The van der Waals surface area contributed by atoms with Crippen LogP contribution in [0, 0.1) is 11.3 Å². The minimum absolute atomic E-state index is 0.0247. The molecule has 1 unspecified atom stereocenters. The minimum Gasteiger partial charge on any atom is -0.490 e. The number of benzene rings is 1. The maximum absolute atomic E-state index is 11.9. The van der Waals surface area contributed by atoms with Crippen molar-refractivity contribution in [2.75, 3.05) is 0 Å². The van der Waals surface area contributed by atoms with Crippen LogP contribution in [-0.2, 0) is 11.2 Å². The smallest absolute Gasteiger partial charge is 0.309 e. The second-order valence-electron chi connectivity index (χ2n) is 6.69. The summed E-state index contributed by atoms with van der Waals surface area (Å²) in [6.45, 7) is 2.20. The number of ether oxygens (including phenoxy) is 1. The molecule has 0 spiro atoms. The third kappa shape index (κ3) is 2.78. The highest BCUT2D eigenvalue weighted by atomic mass is 16.5. The monoisotopic (exact) mass is 288 g/mol. The summed E-state index contributed by atoms with van der Waals surface area (Å²) in [4.78, 5) is 11.9. The molecule has 0 aromatic heterocycles. The van der Waals surface area contributed by atoms with Gasteiger partial charge >= 0.3 is 5.97 Å². The third-order valence-corrected chi connectivity index (χ3v) is 5.43. The predicted molar refractivity (Wildman–Crippen MR) is 81.5 cm³/mol. The molecule has 0 amide bonds. The van der Waals surface area contributed by atoms with Crippen LogP contribution in [0.25, 0.3) is 0 Å². The van der Waals surface area contributed by atoms with Crippen molar-refractivity contribution in [1.82, 2.24) is 0 Å². The Kier molecular flexibility index (Phi) is 3.92. The first kappa shape index (κ1) is 14.4. The topological polar surface area (TPSA) is 46.5 Å². The van der Waals surface area contributed by atoms with Gasteiger partial charge in [-0.3, -0.25) is 4.79 Å².